The number of nitrogens with zero attached hydrogens (tertiary/aromatic N) is 2. The summed E-state index contributed by atoms with van der Waals surface area (Å²) in [7, 11) is 0. The van der Waals surface area contributed by atoms with Crippen molar-refractivity contribution < 1.29 is 4.79 Å². The van der Waals surface area contributed by atoms with Crippen molar-refractivity contribution in [3.05, 3.63) is 55.5 Å². The van der Waals surface area contributed by atoms with Crippen LogP contribution in [-0.4, -0.2) is 21.7 Å². The molecule has 24 heavy (non-hydrogen) atoms. The Kier molecular flexibility index (Phi) is 3.69. The van der Waals surface area contributed by atoms with Gasteiger partial charge in [0.15, 0.2) is 0 Å². The molecule has 9 heteroatoms. The van der Waals surface area contributed by atoms with E-state index in [-0.39, 0.29) is 31.5 Å². The molecule has 4 rings (SSSR count). The van der Waals surface area contributed by atoms with Gasteiger partial charge >= 0.3 is 0 Å². The Balaban J connectivity index is 1.92. The van der Waals surface area contributed by atoms with Crippen LogP contribution in [0.5, 0.6) is 0 Å². The number of aromatic nitrogens is 2. The van der Waals surface area contributed by atoms with Gasteiger partial charge in [-0.1, -0.05) is 58.5 Å². The van der Waals surface area contributed by atoms with Crippen LogP contribution in [0.2, 0.25) is 20.1 Å². The number of fused-ring (bicyclic) bond motifs is 2. The summed E-state index contributed by atoms with van der Waals surface area (Å²) in [4.78, 5) is 23.9. The van der Waals surface area contributed by atoms with Crippen LogP contribution in [0.1, 0.15) is 15.9 Å². The van der Waals surface area contributed by atoms with E-state index in [1.54, 1.807) is 0 Å². The maximum Gasteiger partial charge on any atom is 0.259 e. The maximum atomic E-state index is 12.2. The molecule has 2 aromatic carbocycles. The van der Waals surface area contributed by atoms with E-state index in [4.69, 9.17) is 46.4 Å². The largest absolute Gasteiger partial charge is 0.322 e. The van der Waals surface area contributed by atoms with Gasteiger partial charge in [-0.05, 0) is 12.1 Å². The van der Waals surface area contributed by atoms with Gasteiger partial charge in [-0.2, -0.15) is 4.99 Å². The van der Waals surface area contributed by atoms with E-state index in [1.165, 1.54) is 0 Å². The van der Waals surface area contributed by atoms with Gasteiger partial charge in [-0.3, -0.25) is 4.79 Å². The lowest BCUT2D eigenvalue weighted by atomic mass is 10.1. The summed E-state index contributed by atoms with van der Waals surface area (Å²) >= 11 is 24.5. The van der Waals surface area contributed by atoms with E-state index < -0.39 is 5.91 Å². The van der Waals surface area contributed by atoms with Gasteiger partial charge in [-0.25, -0.2) is 4.98 Å². The number of aliphatic imine (C=N–C) groups is 1. The van der Waals surface area contributed by atoms with Crippen molar-refractivity contribution in [2.45, 2.75) is 0 Å². The van der Waals surface area contributed by atoms with Crippen molar-refractivity contribution in [1.82, 2.24) is 15.3 Å². The molecular formula is C15H6Cl4N4O. The van der Waals surface area contributed by atoms with Crippen LogP contribution in [-0.2, 0) is 0 Å². The third-order valence-electron chi connectivity index (χ3n) is 3.56. The number of para-hydroxylation sites is 2. The summed E-state index contributed by atoms with van der Waals surface area (Å²) in [5.74, 6) is 0.0717. The van der Waals surface area contributed by atoms with Crippen molar-refractivity contribution >= 4 is 75.1 Å². The van der Waals surface area contributed by atoms with Crippen LogP contribution in [0.4, 0.5) is 5.95 Å². The molecule has 0 saturated carbocycles. The standard InChI is InChI=1S/C15H6Cl4N4O/c16-9-7-8(10(17)12(19)11(9)18)14(24)22-13(7)23-15-20-5-3-1-2-4-6(5)21-15/h1-4H,(H2,20,21,22,23,24). The molecule has 0 aliphatic carbocycles. The van der Waals surface area contributed by atoms with E-state index in [0.717, 1.165) is 11.0 Å². The van der Waals surface area contributed by atoms with Gasteiger partial charge in [0.2, 0.25) is 5.95 Å². The number of benzene rings is 2. The predicted molar refractivity (Wildman–Crippen MR) is 96.2 cm³/mol. The van der Waals surface area contributed by atoms with Crippen molar-refractivity contribution in [2.75, 3.05) is 0 Å². The Morgan fingerprint density at radius 3 is 2.29 bits per heavy atom. The SMILES string of the molecule is O=C1N/C(=N/c2nc3ccccc3[nH]2)c2c(Cl)c(Cl)c(Cl)c(Cl)c21. The van der Waals surface area contributed by atoms with E-state index in [0.29, 0.717) is 11.5 Å². The first-order valence-corrected chi connectivity index (χ1v) is 8.19. The number of rotatable bonds is 1. The molecule has 0 unspecified atom stereocenters. The zero-order valence-corrected chi connectivity index (χ0v) is 14.6. The Labute approximate surface area is 155 Å². The normalized spacial score (nSPS) is 15.2. The minimum absolute atomic E-state index is 0.0298. The summed E-state index contributed by atoms with van der Waals surface area (Å²) in [5.41, 5.74) is 2.02. The molecule has 1 aromatic heterocycles. The maximum absolute atomic E-state index is 12.2. The highest BCUT2D eigenvalue weighted by atomic mass is 35.5. The first-order valence-electron chi connectivity index (χ1n) is 6.68. The Hall–Kier alpha value is -1.79. The fourth-order valence-corrected chi connectivity index (χ4v) is 3.51. The molecular weight excluding hydrogens is 394 g/mol. The molecule has 3 aromatic rings. The molecule has 0 fully saturated rings. The van der Waals surface area contributed by atoms with Gasteiger partial charge in [0.1, 0.15) is 5.84 Å². The zero-order valence-electron chi connectivity index (χ0n) is 11.6. The highest BCUT2D eigenvalue weighted by molar-refractivity contribution is 6.55. The third-order valence-corrected chi connectivity index (χ3v) is 5.36. The first-order chi connectivity index (χ1) is 11.5. The average molecular weight is 400 g/mol. The molecule has 2 heterocycles. The summed E-state index contributed by atoms with van der Waals surface area (Å²) in [6.07, 6.45) is 0. The molecule has 1 aliphatic heterocycles. The topological polar surface area (TPSA) is 70.1 Å². The minimum atomic E-state index is -0.453. The second kappa shape index (κ2) is 5.63. The van der Waals surface area contributed by atoms with Crippen molar-refractivity contribution in [3.63, 3.8) is 0 Å². The van der Waals surface area contributed by atoms with Crippen molar-refractivity contribution in [3.8, 4) is 0 Å². The van der Waals surface area contributed by atoms with Crippen LogP contribution >= 0.6 is 46.4 Å². The highest BCUT2D eigenvalue weighted by Crippen LogP contribution is 2.43. The van der Waals surface area contributed by atoms with Crippen LogP contribution in [0, 0.1) is 0 Å². The summed E-state index contributed by atoms with van der Waals surface area (Å²) in [6, 6.07) is 7.46. The number of nitrogens with one attached hydrogen (secondary N) is 2. The van der Waals surface area contributed by atoms with Gasteiger partial charge < -0.3 is 10.3 Å². The first kappa shape index (κ1) is 15.7. The molecule has 120 valence electrons. The van der Waals surface area contributed by atoms with E-state index >= 15 is 0 Å². The van der Waals surface area contributed by atoms with Crippen LogP contribution in [0.25, 0.3) is 11.0 Å². The number of carbonyl (C=O) groups excluding carboxylic acids is 1. The molecule has 1 aliphatic rings. The van der Waals surface area contributed by atoms with E-state index in [1.807, 2.05) is 24.3 Å². The fraction of sp³-hybridized carbons (Fsp3) is 0. The fourth-order valence-electron chi connectivity index (χ4n) is 2.48. The average Bonchev–Trinajstić information content (AvgIpc) is 3.11. The minimum Gasteiger partial charge on any atom is -0.322 e. The summed E-state index contributed by atoms with van der Waals surface area (Å²) in [6.45, 7) is 0. The Morgan fingerprint density at radius 1 is 0.917 bits per heavy atom. The molecule has 0 spiro atoms. The van der Waals surface area contributed by atoms with Gasteiger partial charge in [0.05, 0.1) is 42.3 Å². The molecule has 0 bridgehead atoms. The summed E-state index contributed by atoms with van der Waals surface area (Å²) < 4.78 is 0. The third kappa shape index (κ3) is 2.28. The van der Waals surface area contributed by atoms with Gasteiger partial charge in [-0.15, -0.1) is 0 Å². The number of carbonyl (C=O) groups is 1. The number of imidazole rings is 1. The number of amides is 1. The number of H-pyrrole nitrogens is 1. The lowest BCUT2D eigenvalue weighted by molar-refractivity contribution is 0.0983. The second-order valence-electron chi connectivity index (χ2n) is 5.00. The monoisotopic (exact) mass is 398 g/mol. The van der Waals surface area contributed by atoms with Crippen LogP contribution in [0.3, 0.4) is 0 Å². The van der Waals surface area contributed by atoms with Crippen molar-refractivity contribution in [1.29, 1.82) is 0 Å². The molecule has 1 amide bonds. The van der Waals surface area contributed by atoms with Crippen LogP contribution < -0.4 is 5.32 Å². The Morgan fingerprint density at radius 2 is 1.58 bits per heavy atom. The molecule has 0 atom stereocenters. The van der Waals surface area contributed by atoms with Crippen molar-refractivity contribution in [2.24, 2.45) is 4.99 Å². The molecule has 0 saturated heterocycles. The highest BCUT2D eigenvalue weighted by Gasteiger charge is 2.34. The van der Waals surface area contributed by atoms with E-state index in [2.05, 4.69) is 20.3 Å². The number of aromatic amines is 1. The van der Waals surface area contributed by atoms with E-state index in [9.17, 15) is 4.79 Å². The summed E-state index contributed by atoms with van der Waals surface area (Å²) in [5, 5.41) is 2.85. The van der Waals surface area contributed by atoms with Gasteiger partial charge in [0, 0.05) is 0 Å². The molecule has 2 N–H and O–H groups in total. The number of halogens is 4. The molecule has 0 radical (unpaired) electrons. The zero-order chi connectivity index (χ0) is 17.0. The number of hydrogen-bond donors (Lipinski definition) is 2. The predicted octanol–water partition coefficient (Wildman–Crippen LogP) is 5.00. The lowest BCUT2D eigenvalue weighted by Crippen LogP contribution is -2.21. The quantitative estimate of drug-likeness (QED) is 0.446. The number of amidine groups is 1. The Bertz CT molecular complexity index is 1020. The van der Waals surface area contributed by atoms with Crippen LogP contribution in [0.15, 0.2) is 29.3 Å². The lowest BCUT2D eigenvalue weighted by Gasteiger charge is -2.07. The molecule has 5 nitrogen and oxygen atoms in total. The number of hydrogen-bond acceptors (Lipinski definition) is 3. The van der Waals surface area contributed by atoms with Gasteiger partial charge in [0.25, 0.3) is 5.91 Å². The second-order valence-corrected chi connectivity index (χ2v) is 6.51. The smallest absolute Gasteiger partial charge is 0.259 e.